The van der Waals surface area contributed by atoms with Gasteiger partial charge in [-0.25, -0.2) is 0 Å². The molecule has 0 spiro atoms. The Bertz CT molecular complexity index is 884. The number of carbonyl (C=O) groups is 1. The van der Waals surface area contributed by atoms with E-state index in [0.29, 0.717) is 28.2 Å². The van der Waals surface area contributed by atoms with Crippen molar-refractivity contribution < 1.29 is 14.3 Å². The molecule has 0 bridgehead atoms. The van der Waals surface area contributed by atoms with Gasteiger partial charge in [0.1, 0.15) is 11.6 Å². The molecule has 0 saturated heterocycles. The van der Waals surface area contributed by atoms with Crippen molar-refractivity contribution >= 4 is 11.9 Å². The SMILES string of the molecule is N#C/C(=C/c1ccc(C#N)cc1)C(=O)c1ccc2c(c1)OCO2. The average molecular weight is 302 g/mol. The zero-order valence-electron chi connectivity index (χ0n) is 11.9. The van der Waals surface area contributed by atoms with Crippen molar-refractivity contribution in [2.24, 2.45) is 0 Å². The molecule has 2 aromatic carbocycles. The Morgan fingerprint density at radius 3 is 2.48 bits per heavy atom. The molecule has 0 aliphatic carbocycles. The molecule has 5 heteroatoms. The van der Waals surface area contributed by atoms with Crippen LogP contribution < -0.4 is 9.47 Å². The van der Waals surface area contributed by atoms with E-state index in [0.717, 1.165) is 0 Å². The summed E-state index contributed by atoms with van der Waals surface area (Å²) >= 11 is 0. The third-order valence-corrected chi connectivity index (χ3v) is 3.35. The summed E-state index contributed by atoms with van der Waals surface area (Å²) in [5, 5.41) is 18.0. The molecule has 0 atom stereocenters. The van der Waals surface area contributed by atoms with E-state index in [1.807, 2.05) is 12.1 Å². The molecule has 1 heterocycles. The zero-order chi connectivity index (χ0) is 16.2. The van der Waals surface area contributed by atoms with Crippen molar-refractivity contribution in [2.75, 3.05) is 6.79 Å². The van der Waals surface area contributed by atoms with Crippen LogP contribution in [0.1, 0.15) is 21.5 Å². The van der Waals surface area contributed by atoms with Crippen LogP contribution in [0.5, 0.6) is 11.5 Å². The third kappa shape index (κ3) is 2.90. The van der Waals surface area contributed by atoms with E-state index in [-0.39, 0.29) is 12.4 Å². The van der Waals surface area contributed by atoms with E-state index in [1.54, 1.807) is 42.5 Å². The van der Waals surface area contributed by atoms with Gasteiger partial charge in [0.2, 0.25) is 12.6 Å². The molecule has 0 amide bonds. The fourth-order valence-corrected chi connectivity index (χ4v) is 2.16. The summed E-state index contributed by atoms with van der Waals surface area (Å²) in [6.45, 7) is 0.124. The predicted octanol–water partition coefficient (Wildman–Crippen LogP) is 3.08. The number of benzene rings is 2. The van der Waals surface area contributed by atoms with Crippen LogP contribution in [0.25, 0.3) is 6.08 Å². The lowest BCUT2D eigenvalue weighted by molar-refractivity contribution is 0.103. The van der Waals surface area contributed by atoms with Crippen molar-refractivity contribution in [3.8, 4) is 23.6 Å². The number of ketones is 1. The number of ether oxygens (including phenoxy) is 2. The minimum Gasteiger partial charge on any atom is -0.454 e. The first-order valence-corrected chi connectivity index (χ1v) is 6.77. The second kappa shape index (κ2) is 6.05. The van der Waals surface area contributed by atoms with Crippen LogP contribution >= 0.6 is 0 Å². The standard InChI is InChI=1S/C18H10N2O3/c19-9-13-3-1-12(2-4-13)7-15(10-20)18(21)14-5-6-16-17(8-14)23-11-22-16/h1-8H,11H2/b15-7-. The van der Waals surface area contributed by atoms with Gasteiger partial charge >= 0.3 is 0 Å². The molecular formula is C18H10N2O3. The number of rotatable bonds is 3. The van der Waals surface area contributed by atoms with E-state index >= 15 is 0 Å². The van der Waals surface area contributed by atoms with Crippen molar-refractivity contribution in [3.63, 3.8) is 0 Å². The molecule has 1 aliphatic rings. The van der Waals surface area contributed by atoms with Gasteiger partial charge in [0, 0.05) is 5.56 Å². The topological polar surface area (TPSA) is 83.1 Å². The molecule has 110 valence electrons. The number of Topliss-reactive ketones (excluding diaryl/α,β-unsaturated/α-hetero) is 1. The van der Waals surface area contributed by atoms with Crippen LogP contribution in [-0.4, -0.2) is 12.6 Å². The second-order valence-electron chi connectivity index (χ2n) is 4.80. The summed E-state index contributed by atoms with van der Waals surface area (Å²) in [5.74, 6) is 0.679. The monoisotopic (exact) mass is 302 g/mol. The summed E-state index contributed by atoms with van der Waals surface area (Å²) in [6.07, 6.45) is 1.49. The molecule has 0 unspecified atom stereocenters. The highest BCUT2D eigenvalue weighted by Crippen LogP contribution is 2.33. The van der Waals surface area contributed by atoms with Gasteiger partial charge in [-0.2, -0.15) is 10.5 Å². The average Bonchev–Trinajstić information content (AvgIpc) is 3.07. The first-order valence-electron chi connectivity index (χ1n) is 6.77. The quantitative estimate of drug-likeness (QED) is 0.494. The number of hydrogen-bond donors (Lipinski definition) is 0. The van der Waals surface area contributed by atoms with E-state index in [1.165, 1.54) is 6.08 Å². The van der Waals surface area contributed by atoms with Crippen molar-refractivity contribution in [3.05, 3.63) is 64.7 Å². The molecule has 1 aliphatic heterocycles. The van der Waals surface area contributed by atoms with Crippen LogP contribution in [0, 0.1) is 22.7 Å². The highest BCUT2D eigenvalue weighted by molar-refractivity contribution is 6.14. The molecule has 23 heavy (non-hydrogen) atoms. The number of allylic oxidation sites excluding steroid dienone is 1. The van der Waals surface area contributed by atoms with Crippen LogP contribution in [0.2, 0.25) is 0 Å². The Labute approximate surface area is 132 Å². The minimum absolute atomic E-state index is 0.00794. The first-order chi connectivity index (χ1) is 11.2. The third-order valence-electron chi connectivity index (χ3n) is 3.35. The summed E-state index contributed by atoms with van der Waals surface area (Å²) in [4.78, 5) is 12.5. The summed E-state index contributed by atoms with van der Waals surface area (Å²) in [7, 11) is 0. The lowest BCUT2D eigenvalue weighted by atomic mass is 10.0. The highest BCUT2D eigenvalue weighted by Gasteiger charge is 2.18. The molecule has 0 N–H and O–H groups in total. The Kier molecular flexibility index (Phi) is 3.78. The summed E-state index contributed by atoms with van der Waals surface area (Å²) in [6, 6.07) is 15.4. The maximum Gasteiger partial charge on any atom is 0.231 e. The van der Waals surface area contributed by atoms with Crippen molar-refractivity contribution in [1.29, 1.82) is 10.5 Å². The maximum absolute atomic E-state index is 12.5. The zero-order valence-corrected chi connectivity index (χ0v) is 11.9. The summed E-state index contributed by atoms with van der Waals surface area (Å²) in [5.41, 5.74) is 1.56. The lowest BCUT2D eigenvalue weighted by Gasteiger charge is -2.02. The Hall–Kier alpha value is -3.57. The molecule has 0 aromatic heterocycles. The van der Waals surface area contributed by atoms with Gasteiger partial charge in [-0.15, -0.1) is 0 Å². The van der Waals surface area contributed by atoms with Crippen molar-refractivity contribution in [1.82, 2.24) is 0 Å². The van der Waals surface area contributed by atoms with E-state index < -0.39 is 5.78 Å². The fraction of sp³-hybridized carbons (Fsp3) is 0.0556. The fourth-order valence-electron chi connectivity index (χ4n) is 2.16. The molecular weight excluding hydrogens is 292 g/mol. The number of hydrogen-bond acceptors (Lipinski definition) is 5. The van der Waals surface area contributed by atoms with Gasteiger partial charge < -0.3 is 9.47 Å². The van der Waals surface area contributed by atoms with Crippen LogP contribution in [-0.2, 0) is 0 Å². The maximum atomic E-state index is 12.5. The van der Waals surface area contributed by atoms with E-state index in [4.69, 9.17) is 14.7 Å². The second-order valence-corrected chi connectivity index (χ2v) is 4.80. The number of carbonyl (C=O) groups excluding carboxylic acids is 1. The van der Waals surface area contributed by atoms with E-state index in [2.05, 4.69) is 0 Å². The minimum atomic E-state index is -0.393. The Morgan fingerprint density at radius 1 is 1.04 bits per heavy atom. The van der Waals surface area contributed by atoms with Gasteiger partial charge in [0.15, 0.2) is 11.5 Å². The molecule has 2 aromatic rings. The largest absolute Gasteiger partial charge is 0.454 e. The van der Waals surface area contributed by atoms with Gasteiger partial charge in [-0.1, -0.05) is 12.1 Å². The Morgan fingerprint density at radius 2 is 1.78 bits per heavy atom. The van der Waals surface area contributed by atoms with Crippen LogP contribution in [0.4, 0.5) is 0 Å². The molecule has 0 saturated carbocycles. The van der Waals surface area contributed by atoms with Gasteiger partial charge in [-0.05, 0) is 42.0 Å². The highest BCUT2D eigenvalue weighted by atomic mass is 16.7. The summed E-state index contributed by atoms with van der Waals surface area (Å²) < 4.78 is 10.4. The normalized spacial score (nSPS) is 12.3. The molecule has 3 rings (SSSR count). The van der Waals surface area contributed by atoms with Crippen molar-refractivity contribution in [2.45, 2.75) is 0 Å². The lowest BCUT2D eigenvalue weighted by Crippen LogP contribution is -2.02. The van der Waals surface area contributed by atoms with Crippen LogP contribution in [0.3, 0.4) is 0 Å². The van der Waals surface area contributed by atoms with Gasteiger partial charge in [0.25, 0.3) is 0 Å². The number of fused-ring (bicyclic) bond motifs is 1. The van der Waals surface area contributed by atoms with Gasteiger partial charge in [-0.3, -0.25) is 4.79 Å². The number of nitrogens with zero attached hydrogens (tertiary/aromatic N) is 2. The van der Waals surface area contributed by atoms with E-state index in [9.17, 15) is 10.1 Å². The molecule has 5 nitrogen and oxygen atoms in total. The molecule has 0 radical (unpaired) electrons. The Balaban J connectivity index is 1.91. The first kappa shape index (κ1) is 14.4. The predicted molar refractivity (Wildman–Crippen MR) is 81.6 cm³/mol. The van der Waals surface area contributed by atoms with Gasteiger partial charge in [0.05, 0.1) is 11.6 Å². The van der Waals surface area contributed by atoms with Crippen LogP contribution in [0.15, 0.2) is 48.0 Å². The number of nitriles is 2. The molecule has 0 fully saturated rings. The smallest absolute Gasteiger partial charge is 0.231 e.